The maximum absolute atomic E-state index is 13.7. The summed E-state index contributed by atoms with van der Waals surface area (Å²) in [6.45, 7) is 2.64. The molecule has 0 bridgehead atoms. The van der Waals surface area contributed by atoms with Gasteiger partial charge in [-0.1, -0.05) is 24.0 Å². The summed E-state index contributed by atoms with van der Waals surface area (Å²) < 4.78 is 57.1. The minimum atomic E-state index is -4.39. The lowest BCUT2D eigenvalue weighted by atomic mass is 10.0. The molecule has 0 radical (unpaired) electrons. The standard InChI is InChI=1S/C31H33F3N4O5S/c1-35-29(39)19-8-9-24(26(15-19)41-2)36-12-4-7-27-23(16-31(32,33)34)22-5-3-6-25(28(22)44-27)37-20-10-13-38(14-11-20)17-21-18-42-30(40)43-21/h3,5-6,8-9,15,20-21,36-37H,10-14,16-18H2,1-2H3,(H,35,39). The minimum absolute atomic E-state index is 0.149. The van der Waals surface area contributed by atoms with Crippen molar-refractivity contribution in [1.82, 2.24) is 10.2 Å². The second-order valence-corrected chi connectivity index (χ2v) is 11.6. The Morgan fingerprint density at radius 3 is 2.66 bits per heavy atom. The molecular weight excluding hydrogens is 597 g/mol. The summed E-state index contributed by atoms with van der Waals surface area (Å²) in [5.41, 5.74) is 2.00. The van der Waals surface area contributed by atoms with Crippen LogP contribution in [0, 0.1) is 11.8 Å². The molecule has 0 spiro atoms. The lowest BCUT2D eigenvalue weighted by molar-refractivity contribution is -0.126. The number of amides is 1. The van der Waals surface area contributed by atoms with E-state index in [2.05, 4.69) is 32.7 Å². The number of hydrogen-bond acceptors (Lipinski definition) is 9. The molecule has 2 aliphatic heterocycles. The zero-order valence-corrected chi connectivity index (χ0v) is 25.1. The van der Waals surface area contributed by atoms with Crippen LogP contribution in [0.3, 0.4) is 0 Å². The molecule has 1 atom stereocenters. The van der Waals surface area contributed by atoms with Crippen LogP contribution >= 0.6 is 11.3 Å². The summed E-state index contributed by atoms with van der Waals surface area (Å²) in [6, 6.07) is 10.5. The Labute approximate surface area is 257 Å². The van der Waals surface area contributed by atoms with Crippen molar-refractivity contribution in [1.29, 1.82) is 0 Å². The van der Waals surface area contributed by atoms with Gasteiger partial charge in [0.25, 0.3) is 5.91 Å². The zero-order chi connectivity index (χ0) is 31.3. The highest BCUT2D eigenvalue weighted by molar-refractivity contribution is 7.20. The third kappa shape index (κ3) is 7.67. The molecule has 2 fully saturated rings. The molecule has 0 saturated carbocycles. The minimum Gasteiger partial charge on any atom is -0.495 e. The van der Waals surface area contributed by atoms with Crippen molar-refractivity contribution >= 4 is 44.9 Å². The average molecular weight is 631 g/mol. The molecule has 0 aliphatic carbocycles. The molecule has 2 aromatic carbocycles. The van der Waals surface area contributed by atoms with Gasteiger partial charge in [0.1, 0.15) is 12.4 Å². The van der Waals surface area contributed by atoms with E-state index in [0.29, 0.717) is 33.8 Å². The molecule has 3 heterocycles. The molecule has 234 valence electrons. The quantitative estimate of drug-likeness (QED) is 0.218. The first-order valence-electron chi connectivity index (χ1n) is 14.2. The summed E-state index contributed by atoms with van der Waals surface area (Å²) in [5.74, 6) is 6.12. The van der Waals surface area contributed by atoms with Gasteiger partial charge in [0.05, 0.1) is 41.0 Å². The number of piperidine rings is 1. The number of nitrogens with zero attached hydrogens (tertiary/aromatic N) is 1. The molecule has 2 aliphatic rings. The third-order valence-electron chi connectivity index (χ3n) is 7.51. The molecule has 3 aromatic rings. The Kier molecular flexibility index (Phi) is 9.71. The molecule has 13 heteroatoms. The molecule has 1 aromatic heterocycles. The Morgan fingerprint density at radius 2 is 1.98 bits per heavy atom. The predicted octanol–water partition coefficient (Wildman–Crippen LogP) is 5.25. The van der Waals surface area contributed by atoms with Gasteiger partial charge in [-0.25, -0.2) is 4.79 Å². The van der Waals surface area contributed by atoms with Gasteiger partial charge in [0, 0.05) is 38.3 Å². The first kappa shape index (κ1) is 31.3. The van der Waals surface area contributed by atoms with Crippen molar-refractivity contribution in [2.75, 3.05) is 57.6 Å². The van der Waals surface area contributed by atoms with Crippen LogP contribution in [0.15, 0.2) is 36.4 Å². The van der Waals surface area contributed by atoms with Gasteiger partial charge in [-0.15, -0.1) is 11.3 Å². The Morgan fingerprint density at radius 1 is 1.18 bits per heavy atom. The number of alkyl halides is 3. The molecule has 3 N–H and O–H groups in total. The average Bonchev–Trinajstić information content (AvgIpc) is 3.57. The van der Waals surface area contributed by atoms with E-state index in [1.54, 1.807) is 30.3 Å². The summed E-state index contributed by atoms with van der Waals surface area (Å²) in [7, 11) is 3.02. The highest BCUT2D eigenvalue weighted by Crippen LogP contribution is 2.39. The lowest BCUT2D eigenvalue weighted by Gasteiger charge is -2.33. The SMILES string of the molecule is CNC(=O)c1ccc(NCC#Cc2sc3c(NC4CCN(CC5COC(=O)O5)CC4)cccc3c2CC(F)(F)F)c(OC)c1. The van der Waals surface area contributed by atoms with Crippen LogP contribution in [0.5, 0.6) is 5.75 Å². The number of anilines is 2. The summed E-state index contributed by atoms with van der Waals surface area (Å²) in [4.78, 5) is 25.7. The number of methoxy groups -OCH3 is 1. The van der Waals surface area contributed by atoms with Gasteiger partial charge in [0.15, 0.2) is 6.10 Å². The van der Waals surface area contributed by atoms with Crippen molar-refractivity contribution in [3.05, 3.63) is 52.4 Å². The number of halogens is 3. The Bertz CT molecular complexity index is 1570. The predicted molar refractivity (Wildman–Crippen MR) is 163 cm³/mol. The van der Waals surface area contributed by atoms with E-state index < -0.39 is 18.8 Å². The summed E-state index contributed by atoms with van der Waals surface area (Å²) in [6.07, 6.45) is -4.68. The highest BCUT2D eigenvalue weighted by atomic mass is 32.1. The Hall–Kier alpha value is -4.15. The fraction of sp³-hybridized carbons (Fsp3) is 0.419. The molecule has 1 amide bonds. The van der Waals surface area contributed by atoms with Gasteiger partial charge in [0.2, 0.25) is 0 Å². The number of likely N-dealkylation sites (tertiary alicyclic amines) is 1. The molecular formula is C31H33F3N4O5S. The first-order valence-corrected chi connectivity index (χ1v) is 15.0. The number of thiophene rings is 1. The van der Waals surface area contributed by atoms with Crippen molar-refractivity contribution in [2.45, 2.75) is 37.6 Å². The molecule has 5 rings (SSSR count). The van der Waals surface area contributed by atoms with Crippen molar-refractivity contribution in [3.63, 3.8) is 0 Å². The largest absolute Gasteiger partial charge is 0.508 e. The number of rotatable bonds is 9. The molecule has 9 nitrogen and oxygen atoms in total. The maximum atomic E-state index is 13.7. The van der Waals surface area contributed by atoms with Gasteiger partial charge < -0.3 is 30.2 Å². The van der Waals surface area contributed by atoms with Gasteiger partial charge in [-0.05, 0) is 48.1 Å². The summed E-state index contributed by atoms with van der Waals surface area (Å²) in [5, 5.41) is 9.77. The van der Waals surface area contributed by atoms with Crippen LogP contribution in [0.25, 0.3) is 10.1 Å². The number of nitrogens with one attached hydrogen (secondary N) is 3. The zero-order valence-electron chi connectivity index (χ0n) is 24.3. The van der Waals surface area contributed by atoms with Crippen LogP contribution in [0.4, 0.5) is 29.3 Å². The highest BCUT2D eigenvalue weighted by Gasteiger charge is 2.32. The number of fused-ring (bicyclic) bond motifs is 1. The lowest BCUT2D eigenvalue weighted by Crippen LogP contribution is -2.43. The molecule has 1 unspecified atom stereocenters. The second kappa shape index (κ2) is 13.7. The Balaban J connectivity index is 1.29. The fourth-order valence-corrected chi connectivity index (χ4v) is 6.54. The van der Waals surface area contributed by atoms with Crippen molar-refractivity contribution in [3.8, 4) is 17.6 Å². The van der Waals surface area contributed by atoms with Crippen LogP contribution < -0.4 is 20.7 Å². The fourth-order valence-electron chi connectivity index (χ4n) is 5.37. The number of carbonyl (C=O) groups excluding carboxylic acids is 2. The van der Waals surface area contributed by atoms with E-state index in [0.717, 1.165) is 36.3 Å². The monoisotopic (exact) mass is 630 g/mol. The number of cyclic esters (lactones) is 2. The van der Waals surface area contributed by atoms with E-state index in [-0.39, 0.29) is 36.8 Å². The molecule has 2 saturated heterocycles. The number of carbonyl (C=O) groups is 2. The second-order valence-electron chi connectivity index (χ2n) is 10.6. The van der Waals surface area contributed by atoms with Crippen LogP contribution in [0.1, 0.15) is 33.6 Å². The number of ether oxygens (including phenoxy) is 3. The normalized spacial score (nSPS) is 17.4. The van der Waals surface area contributed by atoms with Crippen LogP contribution in [-0.2, 0) is 15.9 Å². The van der Waals surface area contributed by atoms with E-state index in [9.17, 15) is 22.8 Å². The van der Waals surface area contributed by atoms with E-state index in [1.165, 1.54) is 25.5 Å². The maximum Gasteiger partial charge on any atom is 0.508 e. The van der Waals surface area contributed by atoms with E-state index in [1.807, 2.05) is 6.07 Å². The smallest absolute Gasteiger partial charge is 0.495 e. The van der Waals surface area contributed by atoms with Crippen LogP contribution in [0.2, 0.25) is 0 Å². The first-order chi connectivity index (χ1) is 21.1. The van der Waals surface area contributed by atoms with Crippen molar-refractivity contribution in [2.24, 2.45) is 0 Å². The van der Waals surface area contributed by atoms with E-state index >= 15 is 0 Å². The summed E-state index contributed by atoms with van der Waals surface area (Å²) >= 11 is 1.26. The van der Waals surface area contributed by atoms with Gasteiger partial charge in [-0.2, -0.15) is 13.2 Å². The number of hydrogen-bond donors (Lipinski definition) is 3. The third-order valence-corrected chi connectivity index (χ3v) is 8.71. The van der Waals surface area contributed by atoms with Crippen molar-refractivity contribution < 1.29 is 37.0 Å². The molecule has 44 heavy (non-hydrogen) atoms. The van der Waals surface area contributed by atoms with E-state index in [4.69, 9.17) is 14.2 Å². The van der Waals surface area contributed by atoms with Gasteiger partial charge in [-0.3, -0.25) is 9.69 Å². The topological polar surface area (TPSA) is 101 Å². The van der Waals surface area contributed by atoms with Gasteiger partial charge >= 0.3 is 12.3 Å². The number of benzene rings is 2. The van der Waals surface area contributed by atoms with Crippen LogP contribution in [-0.4, -0.2) is 82.2 Å².